The Morgan fingerprint density at radius 1 is 1.56 bits per heavy atom. The molecule has 0 aliphatic heterocycles. The lowest BCUT2D eigenvalue weighted by atomic mass is 10.3. The molecular weight excluding hydrogens is 270 g/mol. The molecule has 0 unspecified atom stereocenters. The van der Waals surface area contributed by atoms with Crippen molar-refractivity contribution in [1.29, 1.82) is 0 Å². The van der Waals surface area contributed by atoms with Crippen LogP contribution < -0.4 is 10.5 Å². The van der Waals surface area contributed by atoms with Crippen molar-refractivity contribution in [3.05, 3.63) is 44.1 Å². The van der Waals surface area contributed by atoms with Gasteiger partial charge in [0.25, 0.3) is 5.56 Å². The molecule has 0 atom stereocenters. The minimum absolute atomic E-state index is 0.141. The highest BCUT2D eigenvalue weighted by Crippen LogP contribution is 2.24. The second kappa shape index (κ2) is 5.54. The fourth-order valence-electron chi connectivity index (χ4n) is 1.65. The number of nitrogens with one attached hydrogen (secondary N) is 1. The van der Waals surface area contributed by atoms with Crippen LogP contribution in [0.15, 0.2) is 28.6 Å². The van der Waals surface area contributed by atoms with Crippen LogP contribution in [0, 0.1) is 0 Å². The van der Waals surface area contributed by atoms with E-state index in [0.717, 1.165) is 0 Å². The summed E-state index contributed by atoms with van der Waals surface area (Å²) in [4.78, 5) is 21.4. The molecule has 96 valence electrons. The Kier molecular flexibility index (Phi) is 4.04. The highest BCUT2D eigenvalue weighted by Gasteiger charge is 2.17. The van der Waals surface area contributed by atoms with Crippen LogP contribution in [0.5, 0.6) is 0 Å². The monoisotopic (exact) mass is 283 g/mol. The van der Waals surface area contributed by atoms with Crippen LogP contribution in [0.2, 0.25) is 5.02 Å². The second-order valence-electron chi connectivity index (χ2n) is 4.17. The fraction of sp³-hybridized carbons (Fsp3) is 0.333. The number of thiophene rings is 1. The van der Waals surface area contributed by atoms with E-state index in [0.29, 0.717) is 12.4 Å². The molecule has 0 aromatic carbocycles. The van der Waals surface area contributed by atoms with E-state index in [2.05, 4.69) is 16.0 Å². The van der Waals surface area contributed by atoms with E-state index in [-0.39, 0.29) is 16.6 Å². The number of hydrogen-bond donors (Lipinski definition) is 1. The van der Waals surface area contributed by atoms with Gasteiger partial charge in [0.05, 0.1) is 12.9 Å². The number of anilines is 1. The molecule has 2 aromatic heterocycles. The maximum Gasteiger partial charge on any atom is 0.271 e. The number of rotatable bonds is 4. The van der Waals surface area contributed by atoms with Crippen molar-refractivity contribution in [1.82, 2.24) is 9.97 Å². The maximum atomic E-state index is 11.5. The molecule has 0 bridgehead atoms. The predicted octanol–water partition coefficient (Wildman–Crippen LogP) is 2.90. The number of hydrogen-bond acceptors (Lipinski definition) is 4. The molecule has 4 nitrogen and oxygen atoms in total. The molecule has 0 aliphatic carbocycles. The first-order valence-corrected chi connectivity index (χ1v) is 6.87. The van der Waals surface area contributed by atoms with Crippen molar-refractivity contribution < 1.29 is 0 Å². The van der Waals surface area contributed by atoms with Gasteiger partial charge in [0.1, 0.15) is 5.02 Å². The van der Waals surface area contributed by atoms with Gasteiger partial charge in [-0.2, -0.15) is 0 Å². The van der Waals surface area contributed by atoms with Crippen molar-refractivity contribution >= 4 is 28.8 Å². The summed E-state index contributed by atoms with van der Waals surface area (Å²) in [6.45, 7) is 4.80. The third kappa shape index (κ3) is 2.73. The van der Waals surface area contributed by atoms with Crippen LogP contribution in [0.1, 0.15) is 18.7 Å². The number of aromatic nitrogens is 2. The molecule has 0 spiro atoms. The lowest BCUT2D eigenvalue weighted by molar-refractivity contribution is 0.675. The third-order valence-corrected chi connectivity index (χ3v) is 3.78. The first kappa shape index (κ1) is 13.1. The second-order valence-corrected chi connectivity index (χ2v) is 5.58. The molecular formula is C12H14ClN3OS. The third-order valence-electron chi connectivity index (χ3n) is 2.58. The van der Waals surface area contributed by atoms with Gasteiger partial charge < -0.3 is 9.88 Å². The van der Waals surface area contributed by atoms with Gasteiger partial charge in [-0.3, -0.25) is 4.79 Å². The van der Waals surface area contributed by atoms with Gasteiger partial charge in [-0.05, 0) is 25.3 Å². The number of halogens is 1. The molecule has 0 radical (unpaired) electrons. The smallest absolute Gasteiger partial charge is 0.271 e. The van der Waals surface area contributed by atoms with Gasteiger partial charge in [0.2, 0.25) is 0 Å². The Balaban J connectivity index is 2.36. The fourth-order valence-corrected chi connectivity index (χ4v) is 2.56. The first-order valence-electron chi connectivity index (χ1n) is 5.62. The van der Waals surface area contributed by atoms with Gasteiger partial charge in [0, 0.05) is 10.9 Å². The van der Waals surface area contributed by atoms with Crippen LogP contribution in [-0.4, -0.2) is 16.0 Å². The van der Waals surface area contributed by atoms with E-state index < -0.39 is 0 Å². The largest absolute Gasteiger partial charge is 0.348 e. The number of nitrogens with zero attached hydrogens (tertiary/aromatic N) is 2. The SMILES string of the molecule is CC(C)N(Cc1cccs1)c1nc[nH]c(=O)c1Cl. The van der Waals surface area contributed by atoms with Crippen LogP contribution in [-0.2, 0) is 6.54 Å². The van der Waals surface area contributed by atoms with E-state index in [1.807, 2.05) is 30.2 Å². The topological polar surface area (TPSA) is 49.0 Å². The van der Waals surface area contributed by atoms with Gasteiger partial charge in [-0.25, -0.2) is 4.98 Å². The van der Waals surface area contributed by atoms with Crippen molar-refractivity contribution in [2.24, 2.45) is 0 Å². The molecule has 0 amide bonds. The molecule has 0 fully saturated rings. The standard InChI is InChI=1S/C12H14ClN3OS/c1-8(2)16(6-9-4-3-5-18-9)11-10(13)12(17)15-7-14-11/h3-5,7-8H,6H2,1-2H3,(H,14,15,17). The van der Waals surface area contributed by atoms with E-state index in [1.165, 1.54) is 11.2 Å². The predicted molar refractivity (Wildman–Crippen MR) is 75.5 cm³/mol. The average molecular weight is 284 g/mol. The van der Waals surface area contributed by atoms with Gasteiger partial charge >= 0.3 is 0 Å². The zero-order chi connectivity index (χ0) is 13.1. The summed E-state index contributed by atoms with van der Waals surface area (Å²) in [5.74, 6) is 0.531. The Hall–Kier alpha value is -1.33. The Morgan fingerprint density at radius 2 is 2.33 bits per heavy atom. The van der Waals surface area contributed by atoms with E-state index in [9.17, 15) is 4.79 Å². The lowest BCUT2D eigenvalue weighted by Gasteiger charge is -2.27. The van der Waals surface area contributed by atoms with Crippen molar-refractivity contribution in [2.75, 3.05) is 4.90 Å². The Bertz CT molecular complexity index is 565. The van der Waals surface area contributed by atoms with E-state index in [4.69, 9.17) is 11.6 Å². The Labute approximate surface area is 114 Å². The minimum Gasteiger partial charge on any atom is -0.348 e. The van der Waals surface area contributed by atoms with Crippen LogP contribution in [0.4, 0.5) is 5.82 Å². The molecule has 18 heavy (non-hydrogen) atoms. The quantitative estimate of drug-likeness (QED) is 0.939. The zero-order valence-corrected chi connectivity index (χ0v) is 11.8. The van der Waals surface area contributed by atoms with Gasteiger partial charge in [-0.15, -0.1) is 11.3 Å². The summed E-state index contributed by atoms with van der Waals surface area (Å²) in [6.07, 6.45) is 1.38. The van der Waals surface area contributed by atoms with Crippen LogP contribution >= 0.6 is 22.9 Å². The van der Waals surface area contributed by atoms with Crippen molar-refractivity contribution in [2.45, 2.75) is 26.4 Å². The van der Waals surface area contributed by atoms with Crippen LogP contribution in [0.25, 0.3) is 0 Å². The lowest BCUT2D eigenvalue weighted by Crippen LogP contribution is -2.32. The summed E-state index contributed by atoms with van der Waals surface area (Å²) in [5, 5.41) is 2.17. The maximum absolute atomic E-state index is 11.5. The first-order chi connectivity index (χ1) is 8.59. The molecule has 0 saturated heterocycles. The number of H-pyrrole nitrogens is 1. The highest BCUT2D eigenvalue weighted by molar-refractivity contribution is 7.09. The van der Waals surface area contributed by atoms with E-state index >= 15 is 0 Å². The summed E-state index contributed by atoms with van der Waals surface area (Å²) in [6, 6.07) is 4.27. The summed E-state index contributed by atoms with van der Waals surface area (Å²) in [7, 11) is 0. The van der Waals surface area contributed by atoms with Gasteiger partial charge in [0.15, 0.2) is 5.82 Å². The summed E-state index contributed by atoms with van der Waals surface area (Å²) >= 11 is 7.70. The summed E-state index contributed by atoms with van der Waals surface area (Å²) in [5.41, 5.74) is -0.307. The van der Waals surface area contributed by atoms with Crippen molar-refractivity contribution in [3.63, 3.8) is 0 Å². The molecule has 1 N–H and O–H groups in total. The minimum atomic E-state index is -0.307. The molecule has 6 heteroatoms. The van der Waals surface area contributed by atoms with Crippen molar-refractivity contribution in [3.8, 4) is 0 Å². The molecule has 2 aromatic rings. The number of aromatic amines is 1. The average Bonchev–Trinajstić information content (AvgIpc) is 2.83. The zero-order valence-electron chi connectivity index (χ0n) is 10.2. The normalized spacial score (nSPS) is 10.9. The molecule has 0 aliphatic rings. The summed E-state index contributed by atoms with van der Waals surface area (Å²) < 4.78 is 0. The highest BCUT2D eigenvalue weighted by atomic mass is 35.5. The molecule has 2 heterocycles. The van der Waals surface area contributed by atoms with Crippen LogP contribution in [0.3, 0.4) is 0 Å². The molecule has 2 rings (SSSR count). The van der Waals surface area contributed by atoms with E-state index in [1.54, 1.807) is 11.3 Å². The Morgan fingerprint density at radius 3 is 2.94 bits per heavy atom. The molecule has 0 saturated carbocycles. The van der Waals surface area contributed by atoms with Gasteiger partial charge in [-0.1, -0.05) is 17.7 Å².